The first kappa shape index (κ1) is 18.8. The minimum absolute atomic E-state index is 0.255. The molecular weight excluding hydrogens is 358 g/mol. The first-order valence-corrected chi connectivity index (χ1v) is 9.90. The Bertz CT molecular complexity index is 1170. The molecule has 146 valence electrons. The van der Waals surface area contributed by atoms with E-state index in [-0.39, 0.29) is 6.03 Å². The summed E-state index contributed by atoms with van der Waals surface area (Å²) in [6, 6.07) is 22.2. The highest BCUT2D eigenvalue weighted by Gasteiger charge is 2.16. The van der Waals surface area contributed by atoms with Crippen molar-refractivity contribution in [1.82, 2.24) is 4.98 Å². The number of fused-ring (bicyclic) bond motifs is 1. The fourth-order valence-electron chi connectivity index (χ4n) is 3.53. The molecule has 0 fully saturated rings. The molecule has 0 unspecified atom stereocenters. The first-order chi connectivity index (χ1) is 14.0. The molecule has 29 heavy (non-hydrogen) atoms. The molecule has 0 spiro atoms. The molecule has 2 amide bonds. The van der Waals surface area contributed by atoms with Gasteiger partial charge in [0.1, 0.15) is 0 Å². The topological polar surface area (TPSA) is 56.9 Å². The van der Waals surface area contributed by atoms with Crippen molar-refractivity contribution >= 4 is 28.3 Å². The van der Waals surface area contributed by atoms with E-state index in [1.54, 1.807) is 0 Å². The molecule has 4 rings (SSSR count). The molecule has 0 bridgehead atoms. The Balaban J connectivity index is 1.70. The standard InChI is InChI=1S/C25H25N3O/c1-4-18-11-13-19(14-12-18)23-24(20-7-5-6-8-21(20)26-23)28-25(29)27-22-15-16(2)9-10-17(22)3/h5-15,26H,4H2,1-3H3,(H2,27,28,29). The molecule has 4 heteroatoms. The van der Waals surface area contributed by atoms with E-state index in [1.807, 2.05) is 56.3 Å². The third-order valence-electron chi connectivity index (χ3n) is 5.24. The molecule has 1 heterocycles. The summed E-state index contributed by atoms with van der Waals surface area (Å²) in [5, 5.41) is 7.05. The predicted molar refractivity (Wildman–Crippen MR) is 122 cm³/mol. The second kappa shape index (κ2) is 7.84. The Morgan fingerprint density at radius 3 is 2.45 bits per heavy atom. The zero-order chi connectivity index (χ0) is 20.4. The summed E-state index contributed by atoms with van der Waals surface area (Å²) in [4.78, 5) is 16.3. The van der Waals surface area contributed by atoms with Crippen LogP contribution in [0.5, 0.6) is 0 Å². The van der Waals surface area contributed by atoms with Gasteiger partial charge in [0.05, 0.1) is 11.4 Å². The Morgan fingerprint density at radius 1 is 0.931 bits per heavy atom. The van der Waals surface area contributed by atoms with E-state index in [1.165, 1.54) is 5.56 Å². The van der Waals surface area contributed by atoms with E-state index in [0.717, 1.165) is 51.1 Å². The average Bonchev–Trinajstić information content (AvgIpc) is 3.09. The number of nitrogens with one attached hydrogen (secondary N) is 3. The number of carbonyl (C=O) groups is 1. The van der Waals surface area contributed by atoms with Crippen LogP contribution >= 0.6 is 0 Å². The summed E-state index contributed by atoms with van der Waals surface area (Å²) in [7, 11) is 0. The minimum atomic E-state index is -0.255. The third-order valence-corrected chi connectivity index (χ3v) is 5.24. The summed E-state index contributed by atoms with van der Waals surface area (Å²) in [5.41, 5.74) is 7.96. The van der Waals surface area contributed by atoms with Crippen molar-refractivity contribution in [2.75, 3.05) is 10.6 Å². The molecule has 0 aliphatic rings. The number of aromatic amines is 1. The maximum atomic E-state index is 12.8. The van der Waals surface area contributed by atoms with Crippen LogP contribution in [0.25, 0.3) is 22.2 Å². The lowest BCUT2D eigenvalue weighted by molar-refractivity contribution is 0.262. The number of carbonyl (C=O) groups excluding carboxylic acids is 1. The Hall–Kier alpha value is -3.53. The van der Waals surface area contributed by atoms with Crippen molar-refractivity contribution < 1.29 is 4.79 Å². The van der Waals surface area contributed by atoms with Crippen molar-refractivity contribution in [2.45, 2.75) is 27.2 Å². The SMILES string of the molecule is CCc1ccc(-c2[nH]c3ccccc3c2NC(=O)Nc2cc(C)ccc2C)cc1. The zero-order valence-electron chi connectivity index (χ0n) is 17.0. The number of aryl methyl sites for hydroxylation is 3. The average molecular weight is 383 g/mol. The number of anilines is 2. The monoisotopic (exact) mass is 383 g/mol. The molecule has 0 atom stereocenters. The molecule has 0 aliphatic carbocycles. The molecule has 3 N–H and O–H groups in total. The summed E-state index contributed by atoms with van der Waals surface area (Å²) in [6.45, 7) is 6.14. The molecule has 0 saturated carbocycles. The van der Waals surface area contributed by atoms with Gasteiger partial charge in [0.15, 0.2) is 0 Å². The number of rotatable bonds is 4. The van der Waals surface area contributed by atoms with Crippen molar-refractivity contribution in [3.05, 3.63) is 83.4 Å². The van der Waals surface area contributed by atoms with Crippen LogP contribution in [0.1, 0.15) is 23.6 Å². The quantitative estimate of drug-likeness (QED) is 0.363. The lowest BCUT2D eigenvalue weighted by atomic mass is 10.1. The van der Waals surface area contributed by atoms with Gasteiger partial charge in [-0.05, 0) is 49.1 Å². The minimum Gasteiger partial charge on any atom is -0.353 e. The highest BCUT2D eigenvalue weighted by atomic mass is 16.2. The normalized spacial score (nSPS) is 10.9. The maximum absolute atomic E-state index is 12.8. The highest BCUT2D eigenvalue weighted by molar-refractivity contribution is 6.10. The fraction of sp³-hybridized carbons (Fsp3) is 0.160. The van der Waals surface area contributed by atoms with E-state index in [2.05, 4.69) is 46.8 Å². The molecule has 1 aromatic heterocycles. The summed E-state index contributed by atoms with van der Waals surface area (Å²) in [5.74, 6) is 0. The van der Waals surface area contributed by atoms with Crippen LogP contribution in [-0.4, -0.2) is 11.0 Å². The molecule has 0 aliphatic heterocycles. The van der Waals surface area contributed by atoms with Crippen molar-refractivity contribution in [3.8, 4) is 11.3 Å². The molecule has 3 aromatic carbocycles. The Morgan fingerprint density at radius 2 is 1.69 bits per heavy atom. The zero-order valence-corrected chi connectivity index (χ0v) is 17.0. The molecular formula is C25H25N3O. The van der Waals surface area contributed by atoms with E-state index in [0.29, 0.717) is 0 Å². The van der Waals surface area contributed by atoms with Crippen molar-refractivity contribution in [3.63, 3.8) is 0 Å². The van der Waals surface area contributed by atoms with Crippen LogP contribution in [-0.2, 0) is 6.42 Å². The van der Waals surface area contributed by atoms with E-state index in [9.17, 15) is 4.79 Å². The van der Waals surface area contributed by atoms with Crippen molar-refractivity contribution in [1.29, 1.82) is 0 Å². The predicted octanol–water partition coefficient (Wildman–Crippen LogP) is 6.66. The largest absolute Gasteiger partial charge is 0.353 e. The molecule has 0 radical (unpaired) electrons. The number of urea groups is 1. The van der Waals surface area contributed by atoms with Gasteiger partial charge in [-0.25, -0.2) is 4.79 Å². The van der Waals surface area contributed by atoms with E-state index < -0.39 is 0 Å². The summed E-state index contributed by atoms with van der Waals surface area (Å²) >= 11 is 0. The smallest absolute Gasteiger partial charge is 0.323 e. The van der Waals surface area contributed by atoms with Gasteiger partial charge in [0.2, 0.25) is 0 Å². The number of hydrogen-bond donors (Lipinski definition) is 3. The van der Waals surface area contributed by atoms with Crippen LogP contribution in [0.15, 0.2) is 66.7 Å². The fourth-order valence-corrected chi connectivity index (χ4v) is 3.53. The lowest BCUT2D eigenvalue weighted by Gasteiger charge is -2.12. The summed E-state index contributed by atoms with van der Waals surface area (Å²) < 4.78 is 0. The third kappa shape index (κ3) is 3.87. The van der Waals surface area contributed by atoms with Crippen LogP contribution < -0.4 is 10.6 Å². The summed E-state index contributed by atoms with van der Waals surface area (Å²) in [6.07, 6.45) is 0.996. The van der Waals surface area contributed by atoms with Crippen LogP contribution in [0.3, 0.4) is 0 Å². The van der Waals surface area contributed by atoms with Crippen LogP contribution in [0, 0.1) is 13.8 Å². The van der Waals surface area contributed by atoms with Gasteiger partial charge in [-0.1, -0.05) is 61.5 Å². The van der Waals surface area contributed by atoms with Crippen LogP contribution in [0.2, 0.25) is 0 Å². The second-order valence-corrected chi connectivity index (χ2v) is 7.37. The van der Waals surface area contributed by atoms with Crippen LogP contribution in [0.4, 0.5) is 16.2 Å². The Labute approximate surface area is 171 Å². The lowest BCUT2D eigenvalue weighted by Crippen LogP contribution is -2.20. The van der Waals surface area contributed by atoms with Gasteiger partial charge in [-0.3, -0.25) is 0 Å². The number of benzene rings is 3. The first-order valence-electron chi connectivity index (χ1n) is 9.90. The molecule has 0 saturated heterocycles. The van der Waals surface area contributed by atoms with Gasteiger partial charge in [-0.15, -0.1) is 0 Å². The number of hydrogen-bond acceptors (Lipinski definition) is 1. The van der Waals surface area contributed by atoms with Crippen molar-refractivity contribution in [2.24, 2.45) is 0 Å². The second-order valence-electron chi connectivity index (χ2n) is 7.37. The number of amides is 2. The number of para-hydroxylation sites is 1. The molecule has 4 aromatic rings. The van der Waals surface area contributed by atoms with Gasteiger partial charge in [0, 0.05) is 22.2 Å². The van der Waals surface area contributed by atoms with E-state index >= 15 is 0 Å². The van der Waals surface area contributed by atoms with Gasteiger partial charge in [0.25, 0.3) is 0 Å². The maximum Gasteiger partial charge on any atom is 0.323 e. The highest BCUT2D eigenvalue weighted by Crippen LogP contribution is 2.35. The van der Waals surface area contributed by atoms with Gasteiger partial charge in [-0.2, -0.15) is 0 Å². The number of aromatic nitrogens is 1. The van der Waals surface area contributed by atoms with Gasteiger partial charge >= 0.3 is 6.03 Å². The van der Waals surface area contributed by atoms with Gasteiger partial charge < -0.3 is 15.6 Å². The van der Waals surface area contributed by atoms with E-state index in [4.69, 9.17) is 0 Å². The number of H-pyrrole nitrogens is 1. The molecule has 4 nitrogen and oxygen atoms in total. The Kier molecular flexibility index (Phi) is 5.09.